The molecule has 3 heteroatoms. The van der Waals surface area contributed by atoms with E-state index in [-0.39, 0.29) is 12.2 Å². The summed E-state index contributed by atoms with van der Waals surface area (Å²) in [7, 11) is 0. The van der Waals surface area contributed by atoms with E-state index in [1.54, 1.807) is 12.1 Å². The molecule has 0 aliphatic carbocycles. The Hall–Kier alpha value is -2.21. The first kappa shape index (κ1) is 10.3. The lowest BCUT2D eigenvalue weighted by Gasteiger charge is -2.03. The SMILES string of the molecule is N#CCc1ccc(F)c(-c2ccccc2)n1. The van der Waals surface area contributed by atoms with Crippen LogP contribution in [0.5, 0.6) is 0 Å². The molecule has 1 heterocycles. The van der Waals surface area contributed by atoms with Gasteiger partial charge in [0, 0.05) is 5.56 Å². The van der Waals surface area contributed by atoms with Crippen molar-refractivity contribution in [1.82, 2.24) is 4.98 Å². The van der Waals surface area contributed by atoms with Gasteiger partial charge < -0.3 is 0 Å². The molecule has 1 aromatic carbocycles. The molecule has 78 valence electrons. The minimum absolute atomic E-state index is 0.195. The summed E-state index contributed by atoms with van der Waals surface area (Å²) >= 11 is 0. The number of hydrogen-bond acceptors (Lipinski definition) is 2. The maximum Gasteiger partial charge on any atom is 0.149 e. The molecule has 16 heavy (non-hydrogen) atoms. The second kappa shape index (κ2) is 4.54. The summed E-state index contributed by atoms with van der Waals surface area (Å²) < 4.78 is 13.6. The molecule has 0 spiro atoms. The Morgan fingerprint density at radius 3 is 2.56 bits per heavy atom. The van der Waals surface area contributed by atoms with E-state index < -0.39 is 0 Å². The van der Waals surface area contributed by atoms with Crippen LogP contribution in [0.2, 0.25) is 0 Å². The molecule has 2 aromatic rings. The average Bonchev–Trinajstić information content (AvgIpc) is 2.33. The number of pyridine rings is 1. The van der Waals surface area contributed by atoms with Crippen molar-refractivity contribution in [1.29, 1.82) is 5.26 Å². The smallest absolute Gasteiger partial charge is 0.149 e. The van der Waals surface area contributed by atoms with Crippen molar-refractivity contribution in [3.8, 4) is 17.3 Å². The summed E-state index contributed by atoms with van der Waals surface area (Å²) in [6.45, 7) is 0. The first-order valence-electron chi connectivity index (χ1n) is 4.89. The number of benzene rings is 1. The van der Waals surface area contributed by atoms with Gasteiger partial charge in [-0.2, -0.15) is 5.26 Å². The molecule has 2 nitrogen and oxygen atoms in total. The molecule has 0 aliphatic heterocycles. The van der Waals surface area contributed by atoms with Crippen LogP contribution in [0.15, 0.2) is 42.5 Å². The van der Waals surface area contributed by atoms with Gasteiger partial charge in [0.15, 0.2) is 0 Å². The van der Waals surface area contributed by atoms with Crippen molar-refractivity contribution in [3.63, 3.8) is 0 Å². The number of halogens is 1. The van der Waals surface area contributed by atoms with Gasteiger partial charge in [0.1, 0.15) is 11.5 Å². The minimum Gasteiger partial charge on any atom is -0.249 e. The predicted molar refractivity (Wildman–Crippen MR) is 58.9 cm³/mol. The van der Waals surface area contributed by atoms with Crippen molar-refractivity contribution >= 4 is 0 Å². The zero-order valence-corrected chi connectivity index (χ0v) is 8.52. The van der Waals surface area contributed by atoms with Gasteiger partial charge in [-0.3, -0.25) is 0 Å². The van der Waals surface area contributed by atoms with Crippen molar-refractivity contribution < 1.29 is 4.39 Å². The fourth-order valence-corrected chi connectivity index (χ4v) is 1.46. The van der Waals surface area contributed by atoms with E-state index >= 15 is 0 Å². The van der Waals surface area contributed by atoms with Gasteiger partial charge in [0.2, 0.25) is 0 Å². The normalized spacial score (nSPS) is 9.75. The number of rotatable bonds is 2. The molecule has 2 rings (SSSR count). The molecule has 0 radical (unpaired) electrons. The van der Waals surface area contributed by atoms with E-state index in [0.717, 1.165) is 5.56 Å². The van der Waals surface area contributed by atoms with Crippen LogP contribution in [0, 0.1) is 17.1 Å². The summed E-state index contributed by atoms with van der Waals surface area (Å²) in [6, 6.07) is 14.0. The lowest BCUT2D eigenvalue weighted by molar-refractivity contribution is 0.624. The van der Waals surface area contributed by atoms with Crippen molar-refractivity contribution in [2.24, 2.45) is 0 Å². The van der Waals surface area contributed by atoms with E-state index in [0.29, 0.717) is 11.4 Å². The standard InChI is InChI=1S/C13H9FN2/c14-12-7-6-11(8-9-15)16-13(12)10-4-2-1-3-5-10/h1-7H,8H2. The number of nitriles is 1. The summed E-state index contributed by atoms with van der Waals surface area (Å²) in [5, 5.41) is 8.57. The van der Waals surface area contributed by atoms with E-state index in [1.165, 1.54) is 12.1 Å². The first-order valence-corrected chi connectivity index (χ1v) is 4.89. The minimum atomic E-state index is -0.368. The van der Waals surface area contributed by atoms with E-state index in [2.05, 4.69) is 4.98 Å². The largest absolute Gasteiger partial charge is 0.249 e. The highest BCUT2D eigenvalue weighted by atomic mass is 19.1. The monoisotopic (exact) mass is 212 g/mol. The van der Waals surface area contributed by atoms with Gasteiger partial charge >= 0.3 is 0 Å². The molecule has 0 aliphatic rings. The topological polar surface area (TPSA) is 36.7 Å². The lowest BCUT2D eigenvalue weighted by atomic mass is 10.1. The van der Waals surface area contributed by atoms with Crippen LogP contribution in [-0.2, 0) is 6.42 Å². The Morgan fingerprint density at radius 2 is 1.88 bits per heavy atom. The molecule has 0 atom stereocenters. The summed E-state index contributed by atoms with van der Waals surface area (Å²) in [5.41, 5.74) is 1.61. The van der Waals surface area contributed by atoms with Crippen LogP contribution < -0.4 is 0 Å². The summed E-state index contributed by atoms with van der Waals surface area (Å²) in [6.07, 6.45) is 0.195. The third-order valence-electron chi connectivity index (χ3n) is 2.21. The number of hydrogen-bond donors (Lipinski definition) is 0. The molecular weight excluding hydrogens is 203 g/mol. The van der Waals surface area contributed by atoms with Crippen LogP contribution in [0.25, 0.3) is 11.3 Å². The van der Waals surface area contributed by atoms with Crippen LogP contribution in [0.1, 0.15) is 5.69 Å². The van der Waals surface area contributed by atoms with Crippen molar-refractivity contribution in [3.05, 3.63) is 54.0 Å². The fraction of sp³-hybridized carbons (Fsp3) is 0.0769. The first-order chi connectivity index (χ1) is 7.81. The van der Waals surface area contributed by atoms with Gasteiger partial charge in [-0.15, -0.1) is 0 Å². The second-order valence-corrected chi connectivity index (χ2v) is 3.33. The van der Waals surface area contributed by atoms with E-state index in [4.69, 9.17) is 5.26 Å². The zero-order valence-electron chi connectivity index (χ0n) is 8.52. The summed E-state index contributed by atoms with van der Waals surface area (Å²) in [4.78, 5) is 4.13. The van der Waals surface area contributed by atoms with Crippen LogP contribution in [-0.4, -0.2) is 4.98 Å². The molecule has 0 saturated carbocycles. The Balaban J connectivity index is 2.48. The second-order valence-electron chi connectivity index (χ2n) is 3.33. The molecular formula is C13H9FN2. The third-order valence-corrected chi connectivity index (χ3v) is 2.21. The maximum atomic E-state index is 13.6. The summed E-state index contributed by atoms with van der Waals surface area (Å²) in [5.74, 6) is -0.368. The highest BCUT2D eigenvalue weighted by molar-refractivity contribution is 5.59. The number of nitrogens with zero attached hydrogens (tertiary/aromatic N) is 2. The molecule has 0 N–H and O–H groups in total. The third kappa shape index (κ3) is 2.06. The van der Waals surface area contributed by atoms with Gasteiger partial charge in [0.05, 0.1) is 18.2 Å². The molecule has 0 fully saturated rings. The van der Waals surface area contributed by atoms with Gasteiger partial charge in [-0.25, -0.2) is 9.37 Å². The van der Waals surface area contributed by atoms with Gasteiger partial charge in [-0.1, -0.05) is 30.3 Å². The van der Waals surface area contributed by atoms with Crippen molar-refractivity contribution in [2.75, 3.05) is 0 Å². The highest BCUT2D eigenvalue weighted by Crippen LogP contribution is 2.20. The van der Waals surface area contributed by atoms with Crippen LogP contribution in [0.3, 0.4) is 0 Å². The maximum absolute atomic E-state index is 13.6. The molecule has 0 saturated heterocycles. The number of aromatic nitrogens is 1. The molecule has 0 bridgehead atoms. The van der Waals surface area contributed by atoms with Gasteiger partial charge in [0.25, 0.3) is 0 Å². The Bertz CT molecular complexity index is 529. The van der Waals surface area contributed by atoms with Gasteiger partial charge in [-0.05, 0) is 12.1 Å². The zero-order chi connectivity index (χ0) is 11.4. The Morgan fingerprint density at radius 1 is 1.12 bits per heavy atom. The molecule has 0 unspecified atom stereocenters. The predicted octanol–water partition coefficient (Wildman–Crippen LogP) is 2.95. The van der Waals surface area contributed by atoms with Crippen LogP contribution in [0.4, 0.5) is 4.39 Å². The fourth-order valence-electron chi connectivity index (χ4n) is 1.46. The van der Waals surface area contributed by atoms with Crippen LogP contribution >= 0.6 is 0 Å². The molecule has 0 amide bonds. The lowest BCUT2D eigenvalue weighted by Crippen LogP contribution is -1.94. The highest BCUT2D eigenvalue weighted by Gasteiger charge is 2.07. The van der Waals surface area contributed by atoms with E-state index in [1.807, 2.05) is 24.3 Å². The van der Waals surface area contributed by atoms with Crippen molar-refractivity contribution in [2.45, 2.75) is 6.42 Å². The average molecular weight is 212 g/mol. The molecule has 1 aromatic heterocycles. The quantitative estimate of drug-likeness (QED) is 0.767. The Kier molecular flexibility index (Phi) is 2.93. The Labute approximate surface area is 93.0 Å². The van der Waals surface area contributed by atoms with E-state index in [9.17, 15) is 4.39 Å².